The van der Waals surface area contributed by atoms with Crippen LogP contribution in [0.3, 0.4) is 0 Å². The Morgan fingerprint density at radius 2 is 1.96 bits per heavy atom. The van der Waals surface area contributed by atoms with Crippen molar-refractivity contribution in [2.75, 3.05) is 5.84 Å². The highest BCUT2D eigenvalue weighted by Crippen LogP contribution is 2.30. The fourth-order valence-electron chi connectivity index (χ4n) is 2.78. The highest BCUT2D eigenvalue weighted by atomic mass is 35.5. The van der Waals surface area contributed by atoms with Crippen molar-refractivity contribution >= 4 is 34.3 Å². The number of rotatable bonds is 4. The number of nitrogen functional groups attached to an aromatic ring is 1. The van der Waals surface area contributed by atoms with E-state index < -0.39 is 5.63 Å². The molecule has 2 heterocycles. The van der Waals surface area contributed by atoms with Crippen LogP contribution >= 0.6 is 23.4 Å². The molecule has 9 heteroatoms. The minimum absolute atomic E-state index is 0.342. The number of aryl methyl sites for hydroxylation is 1. The van der Waals surface area contributed by atoms with Crippen molar-refractivity contribution in [2.45, 2.75) is 17.8 Å². The van der Waals surface area contributed by atoms with E-state index in [0.29, 0.717) is 32.9 Å². The van der Waals surface area contributed by atoms with E-state index in [2.05, 4.69) is 10.2 Å². The molecular formula is C19H14ClFN4O2S. The van der Waals surface area contributed by atoms with Gasteiger partial charge in [-0.2, -0.15) is 0 Å². The molecule has 0 aliphatic heterocycles. The summed E-state index contributed by atoms with van der Waals surface area (Å²) in [5.74, 6) is 6.59. The Morgan fingerprint density at radius 3 is 2.71 bits per heavy atom. The number of thioether (sulfide) groups is 1. The van der Waals surface area contributed by atoms with Crippen molar-refractivity contribution in [2.24, 2.45) is 0 Å². The lowest BCUT2D eigenvalue weighted by Crippen LogP contribution is -2.11. The third-order valence-electron chi connectivity index (χ3n) is 4.23. The van der Waals surface area contributed by atoms with E-state index in [0.717, 1.165) is 16.5 Å². The predicted octanol–water partition coefficient (Wildman–Crippen LogP) is 4.16. The van der Waals surface area contributed by atoms with E-state index in [1.807, 2.05) is 6.92 Å². The summed E-state index contributed by atoms with van der Waals surface area (Å²) in [4.78, 5) is 11.9. The topological polar surface area (TPSA) is 86.9 Å². The monoisotopic (exact) mass is 416 g/mol. The van der Waals surface area contributed by atoms with E-state index in [4.69, 9.17) is 21.9 Å². The number of benzene rings is 2. The van der Waals surface area contributed by atoms with E-state index in [-0.39, 0.29) is 5.82 Å². The van der Waals surface area contributed by atoms with Gasteiger partial charge in [0.1, 0.15) is 11.4 Å². The molecule has 4 aromatic rings. The summed E-state index contributed by atoms with van der Waals surface area (Å²) < 4.78 is 19.7. The molecule has 0 bridgehead atoms. The van der Waals surface area contributed by atoms with Crippen LogP contribution in [-0.4, -0.2) is 14.9 Å². The van der Waals surface area contributed by atoms with E-state index >= 15 is 0 Å². The van der Waals surface area contributed by atoms with Gasteiger partial charge in [0, 0.05) is 27.8 Å². The number of aromatic nitrogens is 3. The molecule has 2 aromatic carbocycles. The standard InChI is InChI=1S/C19H14ClFN4O2S/c1-10-6-16-14(8-15(10)20)12(7-17(26)27-16)9-28-19-24-23-18(25(19)22)11-2-4-13(21)5-3-11/h2-8H,9,22H2,1H3. The van der Waals surface area contributed by atoms with Crippen LogP contribution in [0, 0.1) is 12.7 Å². The Balaban J connectivity index is 1.64. The number of hydrogen-bond donors (Lipinski definition) is 1. The van der Waals surface area contributed by atoms with Crippen molar-refractivity contribution in [3.63, 3.8) is 0 Å². The summed E-state index contributed by atoms with van der Waals surface area (Å²) in [6, 6.07) is 10.8. The lowest BCUT2D eigenvalue weighted by molar-refractivity contribution is 0.559. The fraction of sp³-hybridized carbons (Fsp3) is 0.105. The Morgan fingerprint density at radius 1 is 1.21 bits per heavy atom. The molecule has 0 fully saturated rings. The summed E-state index contributed by atoms with van der Waals surface area (Å²) >= 11 is 7.54. The van der Waals surface area contributed by atoms with Crippen LogP contribution in [-0.2, 0) is 5.75 Å². The van der Waals surface area contributed by atoms with Crippen LogP contribution in [0.4, 0.5) is 4.39 Å². The van der Waals surface area contributed by atoms with Gasteiger partial charge in [-0.05, 0) is 54.4 Å². The molecule has 2 aromatic heterocycles. The molecule has 6 nitrogen and oxygen atoms in total. The van der Waals surface area contributed by atoms with Gasteiger partial charge in [0.05, 0.1) is 0 Å². The number of hydrogen-bond acceptors (Lipinski definition) is 6. The first-order chi connectivity index (χ1) is 13.4. The third kappa shape index (κ3) is 3.48. The molecular weight excluding hydrogens is 403 g/mol. The average molecular weight is 417 g/mol. The van der Waals surface area contributed by atoms with E-state index in [9.17, 15) is 9.18 Å². The summed E-state index contributed by atoms with van der Waals surface area (Å²) in [6.07, 6.45) is 0. The number of fused-ring (bicyclic) bond motifs is 1. The summed E-state index contributed by atoms with van der Waals surface area (Å²) in [7, 11) is 0. The molecule has 0 unspecified atom stereocenters. The Kier molecular flexibility index (Phi) is 4.82. The first-order valence-electron chi connectivity index (χ1n) is 8.24. The lowest BCUT2D eigenvalue weighted by Gasteiger charge is -2.07. The minimum Gasteiger partial charge on any atom is -0.423 e. The molecule has 0 amide bonds. The fourth-order valence-corrected chi connectivity index (χ4v) is 3.79. The number of halogens is 2. The van der Waals surface area contributed by atoms with Crippen LogP contribution in [0.25, 0.3) is 22.4 Å². The normalized spacial score (nSPS) is 11.2. The van der Waals surface area contributed by atoms with Crippen molar-refractivity contribution in [3.05, 3.63) is 74.9 Å². The maximum Gasteiger partial charge on any atom is 0.336 e. The van der Waals surface area contributed by atoms with Gasteiger partial charge < -0.3 is 10.3 Å². The number of nitrogens with two attached hydrogens (primary N) is 1. The molecule has 142 valence electrons. The summed E-state index contributed by atoms with van der Waals surface area (Å²) in [5, 5.41) is 9.97. The molecule has 4 rings (SSSR count). The molecule has 2 N–H and O–H groups in total. The Bertz CT molecular complexity index is 1240. The van der Waals surface area contributed by atoms with Crippen LogP contribution in [0.1, 0.15) is 11.1 Å². The largest absolute Gasteiger partial charge is 0.423 e. The van der Waals surface area contributed by atoms with E-state index in [1.54, 1.807) is 24.3 Å². The van der Waals surface area contributed by atoms with Gasteiger partial charge in [-0.3, -0.25) is 0 Å². The van der Waals surface area contributed by atoms with E-state index in [1.165, 1.54) is 34.6 Å². The second-order valence-corrected chi connectivity index (χ2v) is 7.51. The van der Waals surface area contributed by atoms with Crippen LogP contribution in [0.2, 0.25) is 5.02 Å². The first kappa shape index (κ1) is 18.5. The second-order valence-electron chi connectivity index (χ2n) is 6.16. The Labute approximate surface area is 168 Å². The second kappa shape index (κ2) is 7.29. The average Bonchev–Trinajstić information content (AvgIpc) is 3.02. The van der Waals surface area contributed by atoms with Crippen molar-refractivity contribution in [1.29, 1.82) is 0 Å². The lowest BCUT2D eigenvalue weighted by atomic mass is 10.1. The molecule has 0 aliphatic carbocycles. The van der Waals surface area contributed by atoms with Gasteiger partial charge >= 0.3 is 5.63 Å². The highest BCUT2D eigenvalue weighted by Gasteiger charge is 2.14. The van der Waals surface area contributed by atoms with Crippen molar-refractivity contribution < 1.29 is 8.81 Å². The van der Waals surface area contributed by atoms with Crippen molar-refractivity contribution in [1.82, 2.24) is 14.9 Å². The molecule has 0 saturated heterocycles. The number of nitrogens with zero attached hydrogens (tertiary/aromatic N) is 3. The zero-order valence-corrected chi connectivity index (χ0v) is 16.2. The van der Waals surface area contributed by atoms with Gasteiger partial charge in [-0.1, -0.05) is 23.4 Å². The van der Waals surface area contributed by atoms with Crippen molar-refractivity contribution in [3.8, 4) is 11.4 Å². The highest BCUT2D eigenvalue weighted by molar-refractivity contribution is 7.98. The third-order valence-corrected chi connectivity index (χ3v) is 5.63. The maximum atomic E-state index is 13.1. The first-order valence-corrected chi connectivity index (χ1v) is 9.61. The van der Waals surface area contributed by atoms with Gasteiger partial charge in [-0.15, -0.1) is 10.2 Å². The zero-order valence-electron chi connectivity index (χ0n) is 14.6. The molecule has 0 atom stereocenters. The predicted molar refractivity (Wildman–Crippen MR) is 107 cm³/mol. The smallest absolute Gasteiger partial charge is 0.336 e. The quantitative estimate of drug-likeness (QED) is 0.305. The minimum atomic E-state index is -0.439. The van der Waals surface area contributed by atoms with Crippen LogP contribution in [0.5, 0.6) is 0 Å². The van der Waals surface area contributed by atoms with Gasteiger partial charge in [0.25, 0.3) is 0 Å². The van der Waals surface area contributed by atoms with Gasteiger partial charge in [0.2, 0.25) is 5.16 Å². The maximum absolute atomic E-state index is 13.1. The Hall–Kier alpha value is -2.84. The zero-order chi connectivity index (χ0) is 19.8. The molecule has 0 spiro atoms. The van der Waals surface area contributed by atoms with Crippen LogP contribution in [0.15, 0.2) is 56.8 Å². The summed E-state index contributed by atoms with van der Waals surface area (Å²) in [5.41, 5.74) is 2.27. The molecule has 0 radical (unpaired) electrons. The SMILES string of the molecule is Cc1cc2oc(=O)cc(CSc3nnc(-c4ccc(F)cc4)n3N)c2cc1Cl. The molecule has 28 heavy (non-hydrogen) atoms. The van der Waals surface area contributed by atoms with Gasteiger partial charge in [-0.25, -0.2) is 13.9 Å². The van der Waals surface area contributed by atoms with Crippen LogP contribution < -0.4 is 11.5 Å². The summed E-state index contributed by atoms with van der Waals surface area (Å²) in [6.45, 7) is 1.84. The molecule has 0 aliphatic rings. The molecule has 0 saturated carbocycles. The van der Waals surface area contributed by atoms with Gasteiger partial charge in [0.15, 0.2) is 5.82 Å².